The molecule has 1 aliphatic rings. The zero-order valence-corrected chi connectivity index (χ0v) is 20.5. The summed E-state index contributed by atoms with van der Waals surface area (Å²) in [5.41, 5.74) is 2.41. The number of methoxy groups -OCH3 is 2. The Hall–Kier alpha value is -3.07. The van der Waals surface area contributed by atoms with Crippen LogP contribution in [0, 0.1) is 0 Å². The third-order valence-corrected chi connectivity index (χ3v) is 5.98. The average Bonchev–Trinajstić information content (AvgIpc) is 2.93. The molecule has 1 aliphatic heterocycles. The van der Waals surface area contributed by atoms with E-state index in [9.17, 15) is 4.79 Å². The first-order chi connectivity index (χ1) is 17.7. The molecule has 1 saturated heterocycles. The predicted molar refractivity (Wildman–Crippen MR) is 133 cm³/mol. The molecule has 5 atom stereocenters. The summed E-state index contributed by atoms with van der Waals surface area (Å²) in [6, 6.07) is 28.4. The van der Waals surface area contributed by atoms with E-state index < -0.39 is 36.7 Å². The van der Waals surface area contributed by atoms with E-state index >= 15 is 0 Å². The summed E-state index contributed by atoms with van der Waals surface area (Å²) in [4.78, 5) is 13.0. The highest BCUT2D eigenvalue weighted by molar-refractivity contribution is 5.89. The highest BCUT2D eigenvalue weighted by Crippen LogP contribution is 2.31. The topological polar surface area (TPSA) is 72.5 Å². The Morgan fingerprint density at radius 3 is 1.78 bits per heavy atom. The number of hydrogen-bond donors (Lipinski definition) is 0. The monoisotopic (exact) mass is 492 g/mol. The van der Waals surface area contributed by atoms with Crippen molar-refractivity contribution < 1.29 is 33.2 Å². The Kier molecular flexibility index (Phi) is 9.61. The molecule has 0 aromatic heterocycles. The van der Waals surface area contributed by atoms with Gasteiger partial charge in [0, 0.05) is 14.2 Å². The van der Waals surface area contributed by atoms with Gasteiger partial charge in [-0.15, -0.1) is 0 Å². The third kappa shape index (κ3) is 6.78. The smallest absolute Gasteiger partial charge is 0.338 e. The minimum atomic E-state index is -0.875. The van der Waals surface area contributed by atoms with Crippen molar-refractivity contribution in [3.8, 4) is 0 Å². The Labute approximate surface area is 211 Å². The average molecular weight is 493 g/mol. The van der Waals surface area contributed by atoms with Crippen molar-refractivity contribution in [2.24, 2.45) is 0 Å². The summed E-state index contributed by atoms with van der Waals surface area (Å²) in [6.45, 7) is 0.882. The van der Waals surface area contributed by atoms with E-state index in [1.54, 1.807) is 31.4 Å². The molecule has 1 heterocycles. The fraction of sp³-hybridized carbons (Fsp3) is 0.345. The van der Waals surface area contributed by atoms with Crippen molar-refractivity contribution >= 4 is 5.97 Å². The van der Waals surface area contributed by atoms with E-state index in [1.165, 1.54) is 7.11 Å². The van der Waals surface area contributed by atoms with Crippen molar-refractivity contribution in [3.05, 3.63) is 108 Å². The van der Waals surface area contributed by atoms with Crippen molar-refractivity contribution in [2.45, 2.75) is 43.9 Å². The summed E-state index contributed by atoms with van der Waals surface area (Å²) in [7, 11) is 3.11. The summed E-state index contributed by atoms with van der Waals surface area (Å²) in [5.74, 6) is -0.494. The van der Waals surface area contributed by atoms with E-state index in [-0.39, 0.29) is 6.61 Å². The van der Waals surface area contributed by atoms with Gasteiger partial charge >= 0.3 is 5.97 Å². The second-order valence-electron chi connectivity index (χ2n) is 8.49. The van der Waals surface area contributed by atoms with Crippen LogP contribution in [0.5, 0.6) is 0 Å². The number of benzene rings is 3. The molecule has 36 heavy (non-hydrogen) atoms. The van der Waals surface area contributed by atoms with Crippen LogP contribution in [-0.2, 0) is 41.6 Å². The van der Waals surface area contributed by atoms with E-state index in [2.05, 4.69) is 0 Å². The summed E-state index contributed by atoms with van der Waals surface area (Å²) >= 11 is 0. The maximum absolute atomic E-state index is 13.0. The van der Waals surface area contributed by atoms with Crippen LogP contribution in [0.1, 0.15) is 21.5 Å². The van der Waals surface area contributed by atoms with Gasteiger partial charge in [-0.25, -0.2) is 4.79 Å². The lowest BCUT2D eigenvalue weighted by Gasteiger charge is -2.45. The molecule has 7 nitrogen and oxygen atoms in total. The highest BCUT2D eigenvalue weighted by atomic mass is 16.7. The summed E-state index contributed by atoms with van der Waals surface area (Å²) in [6.07, 6.45) is -3.51. The van der Waals surface area contributed by atoms with Gasteiger partial charge in [0.2, 0.25) is 0 Å². The van der Waals surface area contributed by atoms with Crippen LogP contribution in [0.15, 0.2) is 91.0 Å². The summed E-state index contributed by atoms with van der Waals surface area (Å²) in [5, 5.41) is 0. The van der Waals surface area contributed by atoms with Gasteiger partial charge in [0.1, 0.15) is 18.3 Å². The number of hydrogen-bond acceptors (Lipinski definition) is 7. The minimum absolute atomic E-state index is 0.254. The molecule has 4 rings (SSSR count). The first-order valence-electron chi connectivity index (χ1n) is 11.9. The van der Waals surface area contributed by atoms with Gasteiger partial charge in [0.05, 0.1) is 25.4 Å². The van der Waals surface area contributed by atoms with Crippen LogP contribution < -0.4 is 0 Å². The maximum Gasteiger partial charge on any atom is 0.338 e. The Morgan fingerprint density at radius 1 is 0.722 bits per heavy atom. The van der Waals surface area contributed by atoms with Gasteiger partial charge in [-0.3, -0.25) is 0 Å². The number of esters is 1. The summed E-state index contributed by atoms with van der Waals surface area (Å²) < 4.78 is 36.0. The SMILES string of the molecule is COC[C@H]1O[C@H](OC)[C@H](OC(=O)c2ccccc2)[C@@H](OCc2ccccc2)[C@@H]1OCc1ccccc1. The Bertz CT molecular complexity index is 1040. The Morgan fingerprint density at radius 2 is 1.25 bits per heavy atom. The minimum Gasteiger partial charge on any atom is -0.450 e. The molecule has 0 amide bonds. The number of ether oxygens (including phenoxy) is 6. The van der Waals surface area contributed by atoms with Gasteiger partial charge in [-0.2, -0.15) is 0 Å². The molecule has 7 heteroatoms. The molecule has 0 aliphatic carbocycles. The first kappa shape index (κ1) is 26.0. The molecule has 0 spiro atoms. The molecule has 0 saturated carbocycles. The van der Waals surface area contributed by atoms with Crippen LogP contribution in [0.4, 0.5) is 0 Å². The van der Waals surface area contributed by atoms with Gasteiger partial charge in [-0.1, -0.05) is 78.9 Å². The third-order valence-electron chi connectivity index (χ3n) is 5.98. The molecule has 3 aromatic rings. The van der Waals surface area contributed by atoms with Crippen LogP contribution in [-0.4, -0.2) is 57.5 Å². The van der Waals surface area contributed by atoms with Crippen LogP contribution in [0.25, 0.3) is 0 Å². The molecular weight excluding hydrogens is 460 g/mol. The largest absolute Gasteiger partial charge is 0.450 e. The molecule has 0 radical (unpaired) electrons. The van der Waals surface area contributed by atoms with E-state index in [0.717, 1.165) is 11.1 Å². The number of carbonyl (C=O) groups excluding carboxylic acids is 1. The van der Waals surface area contributed by atoms with Gasteiger partial charge in [-0.05, 0) is 23.3 Å². The number of carbonyl (C=O) groups is 1. The standard InChI is InChI=1S/C29H32O7/c1-31-20-24-25(33-18-21-12-6-3-7-13-21)26(34-19-22-14-8-4-9-15-22)27(29(32-2)35-24)36-28(30)23-16-10-5-11-17-23/h3-17,24-27,29H,18-20H2,1-2H3/t24-,25-,26+,27-,29+/m1/s1. The fourth-order valence-electron chi connectivity index (χ4n) is 4.18. The lowest BCUT2D eigenvalue weighted by atomic mass is 9.97. The van der Waals surface area contributed by atoms with Crippen molar-refractivity contribution in [3.63, 3.8) is 0 Å². The molecular formula is C29H32O7. The molecule has 0 unspecified atom stereocenters. The predicted octanol–water partition coefficient (Wildman–Crippen LogP) is 4.40. The van der Waals surface area contributed by atoms with Gasteiger partial charge in [0.25, 0.3) is 0 Å². The van der Waals surface area contributed by atoms with Crippen LogP contribution >= 0.6 is 0 Å². The fourth-order valence-corrected chi connectivity index (χ4v) is 4.18. The van der Waals surface area contributed by atoms with Crippen molar-refractivity contribution in [2.75, 3.05) is 20.8 Å². The van der Waals surface area contributed by atoms with Gasteiger partial charge < -0.3 is 28.4 Å². The normalized spacial score (nSPS) is 23.8. The molecule has 0 N–H and O–H groups in total. The highest BCUT2D eigenvalue weighted by Gasteiger charge is 2.50. The molecule has 190 valence electrons. The zero-order chi connectivity index (χ0) is 25.2. The van der Waals surface area contributed by atoms with Crippen LogP contribution in [0.3, 0.4) is 0 Å². The van der Waals surface area contributed by atoms with E-state index in [4.69, 9.17) is 28.4 Å². The van der Waals surface area contributed by atoms with Crippen molar-refractivity contribution in [1.29, 1.82) is 0 Å². The quantitative estimate of drug-likeness (QED) is 0.368. The lowest BCUT2D eigenvalue weighted by Crippen LogP contribution is -2.62. The lowest BCUT2D eigenvalue weighted by molar-refractivity contribution is -0.311. The van der Waals surface area contributed by atoms with Crippen LogP contribution in [0.2, 0.25) is 0 Å². The second kappa shape index (κ2) is 13.3. The zero-order valence-electron chi connectivity index (χ0n) is 20.5. The van der Waals surface area contributed by atoms with E-state index in [1.807, 2.05) is 66.7 Å². The molecule has 3 aromatic carbocycles. The van der Waals surface area contributed by atoms with Gasteiger partial charge in [0.15, 0.2) is 12.4 Å². The maximum atomic E-state index is 13.0. The molecule has 0 bridgehead atoms. The number of rotatable bonds is 11. The van der Waals surface area contributed by atoms with Crippen molar-refractivity contribution in [1.82, 2.24) is 0 Å². The molecule has 1 fully saturated rings. The second-order valence-corrected chi connectivity index (χ2v) is 8.49. The van der Waals surface area contributed by atoms with E-state index in [0.29, 0.717) is 18.8 Å². The first-order valence-corrected chi connectivity index (χ1v) is 11.9. The Balaban J connectivity index is 1.62.